The second-order valence-corrected chi connectivity index (χ2v) is 8.07. The molecular formula is C24H34N4O2. The van der Waals surface area contributed by atoms with Gasteiger partial charge in [-0.3, -0.25) is 19.7 Å². The van der Waals surface area contributed by atoms with E-state index in [9.17, 15) is 4.79 Å². The molecule has 0 unspecified atom stereocenters. The lowest BCUT2D eigenvalue weighted by molar-refractivity contribution is -0.139. The van der Waals surface area contributed by atoms with Gasteiger partial charge < -0.3 is 10.1 Å². The standard InChI is InChI=1S/C24H34N4O2/c1-18-9-7-14-26-23(18)20-11-6-12-21(24-19(2)10-8-15-27-24)28(20)16-5-4-13-25-17-22(29)30-3/h7-10,14-15,20-21,25H,4-6,11-13,16-17H2,1-3H3/t20-,21+. The van der Waals surface area contributed by atoms with Gasteiger partial charge in [0.25, 0.3) is 0 Å². The number of unbranched alkanes of at least 4 members (excludes halogenated alkanes) is 1. The molecule has 0 amide bonds. The first-order valence-corrected chi connectivity index (χ1v) is 11.0. The zero-order valence-electron chi connectivity index (χ0n) is 18.4. The van der Waals surface area contributed by atoms with E-state index in [1.807, 2.05) is 24.5 Å². The van der Waals surface area contributed by atoms with Crippen molar-refractivity contribution in [3.63, 3.8) is 0 Å². The van der Waals surface area contributed by atoms with Crippen LogP contribution in [-0.4, -0.2) is 47.6 Å². The van der Waals surface area contributed by atoms with Crippen molar-refractivity contribution in [2.75, 3.05) is 26.7 Å². The topological polar surface area (TPSA) is 67.3 Å². The van der Waals surface area contributed by atoms with Crippen molar-refractivity contribution in [1.29, 1.82) is 0 Å². The zero-order chi connectivity index (χ0) is 21.3. The Hall–Kier alpha value is -2.31. The minimum Gasteiger partial charge on any atom is -0.468 e. The summed E-state index contributed by atoms with van der Waals surface area (Å²) in [4.78, 5) is 23.4. The fourth-order valence-corrected chi connectivity index (χ4v) is 4.45. The van der Waals surface area contributed by atoms with Gasteiger partial charge in [0.1, 0.15) is 0 Å². The normalized spacial score (nSPS) is 19.6. The number of ether oxygens (including phenoxy) is 1. The summed E-state index contributed by atoms with van der Waals surface area (Å²) in [6.07, 6.45) is 9.31. The highest BCUT2D eigenvalue weighted by atomic mass is 16.5. The molecule has 1 saturated heterocycles. The van der Waals surface area contributed by atoms with E-state index in [2.05, 4.69) is 40.9 Å². The van der Waals surface area contributed by atoms with Crippen LogP contribution in [0.15, 0.2) is 36.7 Å². The quantitative estimate of drug-likeness (QED) is 0.499. The van der Waals surface area contributed by atoms with Gasteiger partial charge in [0.05, 0.1) is 37.1 Å². The van der Waals surface area contributed by atoms with Crippen LogP contribution in [0, 0.1) is 13.8 Å². The monoisotopic (exact) mass is 410 g/mol. The number of pyridine rings is 2. The lowest BCUT2D eigenvalue weighted by Gasteiger charge is -2.42. The van der Waals surface area contributed by atoms with Gasteiger partial charge in [0.2, 0.25) is 0 Å². The number of aryl methyl sites for hydroxylation is 2. The van der Waals surface area contributed by atoms with Crippen LogP contribution in [0.3, 0.4) is 0 Å². The Morgan fingerprint density at radius 2 is 1.67 bits per heavy atom. The molecule has 0 spiro atoms. The van der Waals surface area contributed by atoms with E-state index < -0.39 is 0 Å². The van der Waals surface area contributed by atoms with Crippen molar-refractivity contribution >= 4 is 5.97 Å². The highest BCUT2D eigenvalue weighted by Gasteiger charge is 2.34. The molecule has 30 heavy (non-hydrogen) atoms. The van der Waals surface area contributed by atoms with E-state index in [4.69, 9.17) is 9.97 Å². The summed E-state index contributed by atoms with van der Waals surface area (Å²) in [7, 11) is 1.42. The Morgan fingerprint density at radius 3 is 2.20 bits per heavy atom. The number of piperidine rings is 1. The van der Waals surface area contributed by atoms with Crippen LogP contribution >= 0.6 is 0 Å². The summed E-state index contributed by atoms with van der Waals surface area (Å²) < 4.78 is 4.68. The van der Waals surface area contributed by atoms with E-state index in [1.54, 1.807) is 0 Å². The molecule has 6 nitrogen and oxygen atoms in total. The molecule has 1 aliphatic heterocycles. The third-order valence-electron chi connectivity index (χ3n) is 6.00. The third kappa shape index (κ3) is 5.64. The molecule has 2 aromatic rings. The summed E-state index contributed by atoms with van der Waals surface area (Å²) in [5, 5.41) is 3.16. The lowest BCUT2D eigenvalue weighted by Crippen LogP contribution is -2.38. The maximum Gasteiger partial charge on any atom is 0.319 e. The minimum absolute atomic E-state index is 0.220. The lowest BCUT2D eigenvalue weighted by atomic mass is 9.88. The van der Waals surface area contributed by atoms with E-state index in [0.717, 1.165) is 38.8 Å². The summed E-state index contributed by atoms with van der Waals surface area (Å²) in [5.41, 5.74) is 4.90. The summed E-state index contributed by atoms with van der Waals surface area (Å²) in [5.74, 6) is -0.220. The molecule has 0 aromatic carbocycles. The second kappa shape index (κ2) is 11.2. The van der Waals surface area contributed by atoms with Gasteiger partial charge in [-0.1, -0.05) is 12.1 Å². The maximum absolute atomic E-state index is 11.2. The molecular weight excluding hydrogens is 376 g/mol. The Bertz CT molecular complexity index is 773. The Labute approximate surface area is 180 Å². The van der Waals surface area contributed by atoms with Crippen LogP contribution in [0.5, 0.6) is 0 Å². The van der Waals surface area contributed by atoms with Crippen LogP contribution in [0.25, 0.3) is 0 Å². The van der Waals surface area contributed by atoms with Crippen LogP contribution in [0.4, 0.5) is 0 Å². The smallest absolute Gasteiger partial charge is 0.319 e. The fraction of sp³-hybridized carbons (Fsp3) is 0.542. The van der Waals surface area contributed by atoms with E-state index in [0.29, 0.717) is 12.1 Å². The van der Waals surface area contributed by atoms with Crippen molar-refractivity contribution in [1.82, 2.24) is 20.2 Å². The van der Waals surface area contributed by atoms with Gasteiger partial charge in [-0.2, -0.15) is 0 Å². The molecule has 6 heteroatoms. The summed E-state index contributed by atoms with van der Waals surface area (Å²) in [6.45, 7) is 6.39. The van der Waals surface area contributed by atoms with Gasteiger partial charge >= 0.3 is 5.97 Å². The Kier molecular flexibility index (Phi) is 8.34. The predicted octanol–water partition coefficient (Wildman–Crippen LogP) is 3.90. The number of methoxy groups -OCH3 is 1. The van der Waals surface area contributed by atoms with Crippen molar-refractivity contribution in [2.24, 2.45) is 0 Å². The van der Waals surface area contributed by atoms with Crippen molar-refractivity contribution in [2.45, 2.75) is 58.0 Å². The number of carbonyl (C=O) groups is 1. The molecule has 0 bridgehead atoms. The number of rotatable bonds is 9. The molecule has 3 rings (SSSR count). The van der Waals surface area contributed by atoms with E-state index in [-0.39, 0.29) is 12.5 Å². The number of hydrogen-bond acceptors (Lipinski definition) is 6. The van der Waals surface area contributed by atoms with Gasteiger partial charge in [-0.15, -0.1) is 0 Å². The van der Waals surface area contributed by atoms with E-state index in [1.165, 1.54) is 36.0 Å². The van der Waals surface area contributed by atoms with Gasteiger partial charge in [-0.05, 0) is 82.3 Å². The molecule has 2 atom stereocenters. The first kappa shape index (κ1) is 22.4. The number of nitrogens with one attached hydrogen (secondary N) is 1. The fourth-order valence-electron chi connectivity index (χ4n) is 4.45. The molecule has 162 valence electrons. The van der Waals surface area contributed by atoms with Crippen LogP contribution < -0.4 is 5.32 Å². The van der Waals surface area contributed by atoms with Gasteiger partial charge in [0, 0.05) is 12.4 Å². The summed E-state index contributed by atoms with van der Waals surface area (Å²) >= 11 is 0. The first-order chi connectivity index (χ1) is 14.6. The molecule has 1 aliphatic rings. The number of hydrogen-bond donors (Lipinski definition) is 1. The van der Waals surface area contributed by atoms with Crippen LogP contribution in [-0.2, 0) is 9.53 Å². The van der Waals surface area contributed by atoms with Crippen LogP contribution in [0.2, 0.25) is 0 Å². The molecule has 0 saturated carbocycles. The predicted molar refractivity (Wildman–Crippen MR) is 118 cm³/mol. The molecule has 1 N–H and O–H groups in total. The zero-order valence-corrected chi connectivity index (χ0v) is 18.4. The maximum atomic E-state index is 11.2. The van der Waals surface area contributed by atoms with Crippen molar-refractivity contribution in [3.05, 3.63) is 59.2 Å². The van der Waals surface area contributed by atoms with Crippen molar-refractivity contribution in [3.8, 4) is 0 Å². The molecule has 2 aromatic heterocycles. The number of carbonyl (C=O) groups excluding carboxylic acids is 1. The Balaban J connectivity index is 1.73. The number of nitrogens with zero attached hydrogens (tertiary/aromatic N) is 3. The molecule has 3 heterocycles. The number of esters is 1. The SMILES string of the molecule is COC(=O)CNCCCCN1[C@@H](c2ncccc2C)CCC[C@H]1c1ncccc1C. The first-order valence-electron chi connectivity index (χ1n) is 11.0. The second-order valence-electron chi connectivity index (χ2n) is 8.07. The Morgan fingerprint density at radius 1 is 1.07 bits per heavy atom. The highest BCUT2D eigenvalue weighted by molar-refractivity contribution is 5.71. The average Bonchev–Trinajstić information content (AvgIpc) is 2.76. The number of likely N-dealkylation sites (tertiary alicyclic amines) is 1. The number of aromatic nitrogens is 2. The average molecular weight is 411 g/mol. The third-order valence-corrected chi connectivity index (χ3v) is 6.00. The van der Waals surface area contributed by atoms with Crippen molar-refractivity contribution < 1.29 is 9.53 Å². The summed E-state index contributed by atoms with van der Waals surface area (Å²) in [6, 6.07) is 8.97. The van der Waals surface area contributed by atoms with Gasteiger partial charge in [0.15, 0.2) is 0 Å². The molecule has 0 aliphatic carbocycles. The van der Waals surface area contributed by atoms with Crippen LogP contribution in [0.1, 0.15) is 66.7 Å². The highest BCUT2D eigenvalue weighted by Crippen LogP contribution is 2.42. The van der Waals surface area contributed by atoms with E-state index >= 15 is 0 Å². The molecule has 1 fully saturated rings. The molecule has 0 radical (unpaired) electrons. The van der Waals surface area contributed by atoms with Gasteiger partial charge in [-0.25, -0.2) is 0 Å². The largest absolute Gasteiger partial charge is 0.468 e. The minimum atomic E-state index is -0.220.